The molecule has 2 aromatic carbocycles. The SMILES string of the molecule is CCCCCOc1ccc(C(=O)Nc2ccc(S(=O)(=O)NCc3ccco3)cc2)cc1. The second kappa shape index (κ2) is 10.8. The van der Waals surface area contributed by atoms with Crippen LogP contribution in [0.5, 0.6) is 5.75 Å². The van der Waals surface area contributed by atoms with Crippen molar-refractivity contribution in [2.24, 2.45) is 0 Å². The molecule has 0 atom stereocenters. The molecule has 0 radical (unpaired) electrons. The van der Waals surface area contributed by atoms with Gasteiger partial charge < -0.3 is 14.5 Å². The number of hydrogen-bond acceptors (Lipinski definition) is 5. The van der Waals surface area contributed by atoms with E-state index in [0.29, 0.717) is 23.6 Å². The molecule has 0 aliphatic carbocycles. The van der Waals surface area contributed by atoms with Gasteiger partial charge in [-0.15, -0.1) is 0 Å². The summed E-state index contributed by atoms with van der Waals surface area (Å²) in [5.74, 6) is 0.957. The van der Waals surface area contributed by atoms with Crippen LogP contribution in [-0.4, -0.2) is 20.9 Å². The van der Waals surface area contributed by atoms with E-state index in [9.17, 15) is 13.2 Å². The smallest absolute Gasteiger partial charge is 0.255 e. The average Bonchev–Trinajstić information content (AvgIpc) is 3.30. The number of furan rings is 1. The molecule has 0 fully saturated rings. The van der Waals surface area contributed by atoms with Crippen molar-refractivity contribution in [3.05, 3.63) is 78.3 Å². The van der Waals surface area contributed by atoms with Gasteiger partial charge in [-0.2, -0.15) is 0 Å². The molecule has 164 valence electrons. The Labute approximate surface area is 182 Å². The molecule has 1 heterocycles. The van der Waals surface area contributed by atoms with Gasteiger partial charge in [0, 0.05) is 11.3 Å². The topological polar surface area (TPSA) is 97.6 Å². The van der Waals surface area contributed by atoms with E-state index in [4.69, 9.17) is 9.15 Å². The molecule has 0 spiro atoms. The van der Waals surface area contributed by atoms with E-state index in [1.165, 1.54) is 18.4 Å². The standard InChI is InChI=1S/C23H26N2O5S/c1-2-3-4-15-29-20-11-7-18(8-12-20)23(26)25-19-9-13-22(14-10-19)31(27,28)24-17-21-6-5-16-30-21/h5-14,16,24H,2-4,15,17H2,1H3,(H,25,26). The zero-order valence-corrected chi connectivity index (χ0v) is 18.2. The van der Waals surface area contributed by atoms with Crippen LogP contribution >= 0.6 is 0 Å². The maximum absolute atomic E-state index is 12.4. The third kappa shape index (κ3) is 6.70. The molecular formula is C23H26N2O5S. The zero-order chi connectivity index (χ0) is 22.1. The highest BCUT2D eigenvalue weighted by atomic mass is 32.2. The van der Waals surface area contributed by atoms with Gasteiger partial charge in [0.15, 0.2) is 0 Å². The van der Waals surface area contributed by atoms with Crippen molar-refractivity contribution < 1.29 is 22.4 Å². The maximum Gasteiger partial charge on any atom is 0.255 e. The first-order chi connectivity index (χ1) is 15.0. The highest BCUT2D eigenvalue weighted by Crippen LogP contribution is 2.17. The predicted octanol–water partition coefficient (Wildman–Crippen LogP) is 4.58. The van der Waals surface area contributed by atoms with Crippen molar-refractivity contribution in [3.63, 3.8) is 0 Å². The van der Waals surface area contributed by atoms with Crippen molar-refractivity contribution >= 4 is 21.6 Å². The molecule has 7 nitrogen and oxygen atoms in total. The molecule has 1 amide bonds. The van der Waals surface area contributed by atoms with E-state index < -0.39 is 10.0 Å². The van der Waals surface area contributed by atoms with Crippen LogP contribution in [0, 0.1) is 0 Å². The Kier molecular flexibility index (Phi) is 7.86. The van der Waals surface area contributed by atoms with Crippen LogP contribution in [0.1, 0.15) is 42.3 Å². The Morgan fingerprint density at radius 2 is 1.74 bits per heavy atom. The Morgan fingerprint density at radius 3 is 2.39 bits per heavy atom. The molecular weight excluding hydrogens is 416 g/mol. The fraction of sp³-hybridized carbons (Fsp3) is 0.261. The summed E-state index contributed by atoms with van der Waals surface area (Å²) in [6, 6.07) is 16.3. The van der Waals surface area contributed by atoms with Crippen molar-refractivity contribution in [1.82, 2.24) is 4.72 Å². The average molecular weight is 443 g/mol. The number of nitrogens with one attached hydrogen (secondary N) is 2. The lowest BCUT2D eigenvalue weighted by Gasteiger charge is -2.09. The number of carbonyl (C=O) groups is 1. The number of anilines is 1. The lowest BCUT2D eigenvalue weighted by Crippen LogP contribution is -2.23. The van der Waals surface area contributed by atoms with E-state index in [1.54, 1.807) is 48.5 Å². The van der Waals surface area contributed by atoms with Gasteiger partial charge in [0.2, 0.25) is 10.0 Å². The maximum atomic E-state index is 12.4. The third-order valence-electron chi connectivity index (χ3n) is 4.57. The Balaban J connectivity index is 1.54. The Hall–Kier alpha value is -3.10. The molecule has 0 saturated heterocycles. The minimum Gasteiger partial charge on any atom is -0.494 e. The van der Waals surface area contributed by atoms with Gasteiger partial charge in [-0.25, -0.2) is 13.1 Å². The van der Waals surface area contributed by atoms with Crippen LogP contribution in [-0.2, 0) is 16.6 Å². The number of hydrogen-bond donors (Lipinski definition) is 2. The van der Waals surface area contributed by atoms with E-state index in [2.05, 4.69) is 17.0 Å². The number of amides is 1. The number of benzene rings is 2. The lowest BCUT2D eigenvalue weighted by atomic mass is 10.2. The van der Waals surface area contributed by atoms with E-state index in [0.717, 1.165) is 25.0 Å². The Bertz CT molecular complexity index is 1060. The third-order valence-corrected chi connectivity index (χ3v) is 5.99. The van der Waals surface area contributed by atoms with Crippen LogP contribution in [0.25, 0.3) is 0 Å². The minimum atomic E-state index is -3.69. The van der Waals surface area contributed by atoms with Crippen LogP contribution < -0.4 is 14.8 Å². The second-order valence-electron chi connectivity index (χ2n) is 6.96. The van der Waals surface area contributed by atoms with Gasteiger partial charge >= 0.3 is 0 Å². The summed E-state index contributed by atoms with van der Waals surface area (Å²) in [5.41, 5.74) is 0.979. The molecule has 3 aromatic rings. The van der Waals surface area contributed by atoms with Crippen molar-refractivity contribution in [1.29, 1.82) is 0 Å². The fourth-order valence-corrected chi connectivity index (χ4v) is 3.82. The van der Waals surface area contributed by atoms with Gasteiger partial charge in [0.05, 0.1) is 24.3 Å². The number of sulfonamides is 1. The molecule has 8 heteroatoms. The van der Waals surface area contributed by atoms with Gasteiger partial charge in [0.25, 0.3) is 5.91 Å². The van der Waals surface area contributed by atoms with E-state index in [-0.39, 0.29) is 17.3 Å². The molecule has 3 rings (SSSR count). The molecule has 2 N–H and O–H groups in total. The first-order valence-corrected chi connectivity index (χ1v) is 11.6. The molecule has 0 bridgehead atoms. The van der Waals surface area contributed by atoms with Crippen molar-refractivity contribution in [2.75, 3.05) is 11.9 Å². The summed E-state index contributed by atoms with van der Waals surface area (Å²) in [6.07, 6.45) is 4.75. The van der Waals surface area contributed by atoms with Gasteiger partial charge in [-0.3, -0.25) is 4.79 Å². The van der Waals surface area contributed by atoms with E-state index >= 15 is 0 Å². The van der Waals surface area contributed by atoms with Crippen molar-refractivity contribution in [3.8, 4) is 5.75 Å². The van der Waals surface area contributed by atoms with E-state index in [1.807, 2.05) is 0 Å². The van der Waals surface area contributed by atoms with Crippen LogP contribution in [0.4, 0.5) is 5.69 Å². The van der Waals surface area contributed by atoms with Crippen LogP contribution in [0.15, 0.2) is 76.2 Å². The fourth-order valence-electron chi connectivity index (χ4n) is 2.83. The number of rotatable bonds is 11. The summed E-state index contributed by atoms with van der Waals surface area (Å²) in [5, 5.41) is 2.76. The molecule has 31 heavy (non-hydrogen) atoms. The number of ether oxygens (including phenoxy) is 1. The normalized spacial score (nSPS) is 11.3. The molecule has 0 aliphatic rings. The monoisotopic (exact) mass is 442 g/mol. The van der Waals surface area contributed by atoms with Gasteiger partial charge in [-0.1, -0.05) is 19.8 Å². The molecule has 0 saturated carbocycles. The highest BCUT2D eigenvalue weighted by molar-refractivity contribution is 7.89. The minimum absolute atomic E-state index is 0.0616. The summed E-state index contributed by atoms with van der Waals surface area (Å²) in [6.45, 7) is 2.86. The zero-order valence-electron chi connectivity index (χ0n) is 17.3. The quantitative estimate of drug-likeness (QED) is 0.424. The Morgan fingerprint density at radius 1 is 1.00 bits per heavy atom. The summed E-state index contributed by atoms with van der Waals surface area (Å²) in [4.78, 5) is 12.5. The number of carbonyl (C=O) groups excluding carboxylic acids is 1. The van der Waals surface area contributed by atoms with Gasteiger partial charge in [0.1, 0.15) is 11.5 Å². The highest BCUT2D eigenvalue weighted by Gasteiger charge is 2.15. The van der Waals surface area contributed by atoms with Gasteiger partial charge in [-0.05, 0) is 67.1 Å². The molecule has 0 unspecified atom stereocenters. The van der Waals surface area contributed by atoms with Crippen molar-refractivity contribution in [2.45, 2.75) is 37.6 Å². The number of unbranched alkanes of at least 4 members (excludes halogenated alkanes) is 2. The summed E-state index contributed by atoms with van der Waals surface area (Å²) < 4.78 is 38.0. The lowest BCUT2D eigenvalue weighted by molar-refractivity contribution is 0.102. The first kappa shape index (κ1) is 22.6. The second-order valence-corrected chi connectivity index (χ2v) is 8.73. The van der Waals surface area contributed by atoms with Crippen LogP contribution in [0.2, 0.25) is 0 Å². The predicted molar refractivity (Wildman–Crippen MR) is 119 cm³/mol. The summed E-state index contributed by atoms with van der Waals surface area (Å²) >= 11 is 0. The summed E-state index contributed by atoms with van der Waals surface area (Å²) in [7, 11) is -3.69. The molecule has 0 aliphatic heterocycles. The largest absolute Gasteiger partial charge is 0.494 e. The van der Waals surface area contributed by atoms with Crippen LogP contribution in [0.3, 0.4) is 0 Å². The first-order valence-electron chi connectivity index (χ1n) is 10.1. The molecule has 1 aromatic heterocycles.